The molecule has 7 aromatic rings. The summed E-state index contributed by atoms with van der Waals surface area (Å²) < 4.78 is 54.3. The van der Waals surface area contributed by atoms with E-state index in [9.17, 15) is 32.3 Å². The van der Waals surface area contributed by atoms with Crippen molar-refractivity contribution in [3.05, 3.63) is 95.1 Å². The zero-order valence-corrected chi connectivity index (χ0v) is 32.2. The molecule has 1 fully saturated rings. The average Bonchev–Trinajstić information content (AvgIpc) is 4.01. The number of methoxy groups -OCH3 is 1. The molecule has 18 heteroatoms. The number of para-hydroxylation sites is 1. The fraction of sp³-hybridized carbons (Fsp3) is 0.244. The van der Waals surface area contributed by atoms with E-state index >= 15 is 0 Å². The molecule has 0 radical (unpaired) electrons. The molecule has 0 spiro atoms. The van der Waals surface area contributed by atoms with E-state index in [1.165, 1.54) is 15.9 Å². The highest BCUT2D eigenvalue weighted by molar-refractivity contribution is 6.20. The van der Waals surface area contributed by atoms with Crippen molar-refractivity contribution in [3.63, 3.8) is 0 Å². The molecule has 302 valence electrons. The van der Waals surface area contributed by atoms with E-state index in [2.05, 4.69) is 25.3 Å². The van der Waals surface area contributed by atoms with E-state index < -0.39 is 47.2 Å². The molecule has 3 amide bonds. The van der Waals surface area contributed by atoms with Gasteiger partial charge in [0.2, 0.25) is 0 Å². The second-order valence-electron chi connectivity index (χ2n) is 14.6. The number of hydrogen-bond acceptors (Lipinski definition) is 8. The Morgan fingerprint density at radius 1 is 0.932 bits per heavy atom. The summed E-state index contributed by atoms with van der Waals surface area (Å²) in [5, 5.41) is 5.04. The van der Waals surface area contributed by atoms with Crippen LogP contribution in [-0.4, -0.2) is 106 Å². The van der Waals surface area contributed by atoms with Crippen molar-refractivity contribution in [2.24, 2.45) is 0 Å². The Kier molecular flexibility index (Phi) is 9.23. The predicted molar refractivity (Wildman–Crippen MR) is 215 cm³/mol. The predicted octanol–water partition coefficient (Wildman–Crippen LogP) is 7.47. The summed E-state index contributed by atoms with van der Waals surface area (Å²) in [4.78, 5) is 72.2. The summed E-state index contributed by atoms with van der Waals surface area (Å²) >= 11 is 6.44. The molecule has 0 unspecified atom stereocenters. The van der Waals surface area contributed by atoms with Gasteiger partial charge < -0.3 is 44.4 Å². The fourth-order valence-electron chi connectivity index (χ4n) is 8.01. The lowest BCUT2D eigenvalue weighted by molar-refractivity contribution is -0.141. The maximum atomic E-state index is 14.6. The molecule has 3 aromatic carbocycles. The van der Waals surface area contributed by atoms with E-state index in [1.54, 1.807) is 36.5 Å². The molecule has 1 saturated heterocycles. The van der Waals surface area contributed by atoms with Crippen molar-refractivity contribution in [2.45, 2.75) is 12.1 Å². The Labute approximate surface area is 337 Å². The lowest BCUT2D eigenvalue weighted by Crippen LogP contribution is -2.48. The van der Waals surface area contributed by atoms with Gasteiger partial charge in [0.15, 0.2) is 5.75 Å². The number of carbonyl (C=O) groups excluding carboxylic acids is 4. The number of nitrogens with one attached hydrogen (secondary N) is 4. The fourth-order valence-corrected chi connectivity index (χ4v) is 8.26. The monoisotopic (exact) mass is 826 g/mol. The maximum Gasteiger partial charge on any atom is 0.432 e. The number of halogens is 4. The minimum absolute atomic E-state index is 0.0692. The maximum absolute atomic E-state index is 14.6. The Balaban J connectivity index is 1.07. The number of pyridine rings is 1. The Morgan fingerprint density at radius 3 is 2.46 bits per heavy atom. The highest BCUT2D eigenvalue weighted by Crippen LogP contribution is 2.50. The Morgan fingerprint density at radius 2 is 1.71 bits per heavy atom. The second kappa shape index (κ2) is 14.4. The van der Waals surface area contributed by atoms with Crippen molar-refractivity contribution in [1.29, 1.82) is 0 Å². The van der Waals surface area contributed by atoms with Gasteiger partial charge >= 0.3 is 18.2 Å². The third-order valence-corrected chi connectivity index (χ3v) is 11.3. The first-order valence-corrected chi connectivity index (χ1v) is 19.1. The smallest absolute Gasteiger partial charge is 0.432 e. The van der Waals surface area contributed by atoms with Crippen LogP contribution in [0.5, 0.6) is 5.75 Å². The van der Waals surface area contributed by atoms with Crippen LogP contribution in [0.1, 0.15) is 48.5 Å². The first-order valence-electron chi connectivity index (χ1n) is 18.5. The number of fused-ring (bicyclic) bond motifs is 7. The number of rotatable bonds is 6. The first kappa shape index (κ1) is 38.0. The molecule has 4 N–H and O–H groups in total. The summed E-state index contributed by atoms with van der Waals surface area (Å²) in [5.41, 5.74) is 0.861. The summed E-state index contributed by atoms with van der Waals surface area (Å²) in [5.74, 6) is -3.46. The molecular formula is C41H34ClF3N8O6. The van der Waals surface area contributed by atoms with E-state index in [-0.39, 0.29) is 51.7 Å². The number of anilines is 2. The highest BCUT2D eigenvalue weighted by Gasteiger charge is 2.44. The van der Waals surface area contributed by atoms with E-state index in [0.717, 1.165) is 28.9 Å². The zero-order valence-electron chi connectivity index (χ0n) is 31.4. The SMILES string of the molecule is COC(=O)c1c(C(F)(F)F)[nH]c2c(OC(=O)N3CCN(C)CC3)cc3c(c12)[C@H](CCl)CN3C(=O)c1cc2cc(NC(=O)c3cc4c(cn3)[nH]c3ccccc34)ccc2[nH]1. The molecular weight excluding hydrogens is 793 g/mol. The van der Waals surface area contributed by atoms with Crippen LogP contribution in [0.2, 0.25) is 0 Å². The number of piperazine rings is 1. The number of amides is 3. The van der Waals surface area contributed by atoms with Crippen LogP contribution in [0, 0.1) is 0 Å². The molecule has 4 aromatic heterocycles. The molecule has 0 bridgehead atoms. The van der Waals surface area contributed by atoms with E-state index in [1.807, 2.05) is 36.2 Å². The number of hydrogen-bond donors (Lipinski definition) is 4. The van der Waals surface area contributed by atoms with Crippen LogP contribution in [0.25, 0.3) is 43.6 Å². The number of aromatic amines is 3. The van der Waals surface area contributed by atoms with E-state index in [0.29, 0.717) is 42.8 Å². The minimum atomic E-state index is -5.04. The summed E-state index contributed by atoms with van der Waals surface area (Å²) in [6, 6.07) is 17.4. The Bertz CT molecular complexity index is 2880. The molecule has 1 atom stereocenters. The van der Waals surface area contributed by atoms with Gasteiger partial charge in [-0.25, -0.2) is 14.6 Å². The van der Waals surface area contributed by atoms with Gasteiger partial charge in [-0.05, 0) is 49.0 Å². The van der Waals surface area contributed by atoms with Crippen LogP contribution >= 0.6 is 11.6 Å². The highest BCUT2D eigenvalue weighted by atomic mass is 35.5. The number of likely N-dealkylation sites (N-methyl/N-ethyl adjacent to an activating group) is 1. The summed E-state index contributed by atoms with van der Waals surface area (Å²) in [7, 11) is 2.86. The number of alkyl halides is 4. The number of aromatic nitrogens is 4. The number of esters is 1. The number of nitrogens with zero attached hydrogens (tertiary/aromatic N) is 4. The van der Waals surface area contributed by atoms with Crippen LogP contribution in [-0.2, 0) is 10.9 Å². The Hall–Kier alpha value is -6.59. The van der Waals surface area contributed by atoms with Gasteiger partial charge in [-0.1, -0.05) is 18.2 Å². The summed E-state index contributed by atoms with van der Waals surface area (Å²) in [6.07, 6.45) is -4.24. The lowest BCUT2D eigenvalue weighted by atomic mass is 9.95. The number of H-pyrrole nitrogens is 3. The molecule has 2 aliphatic rings. The van der Waals surface area contributed by atoms with Gasteiger partial charge in [0.1, 0.15) is 17.1 Å². The first-order chi connectivity index (χ1) is 28.3. The molecule has 14 nitrogen and oxygen atoms in total. The average molecular weight is 827 g/mol. The van der Waals surface area contributed by atoms with Gasteiger partial charge in [-0.15, -0.1) is 11.6 Å². The molecule has 9 rings (SSSR count). The van der Waals surface area contributed by atoms with Crippen molar-refractivity contribution in [2.75, 3.05) is 63.0 Å². The van der Waals surface area contributed by atoms with E-state index in [4.69, 9.17) is 21.1 Å². The largest absolute Gasteiger partial charge is 0.465 e. The molecule has 0 saturated carbocycles. The topological polar surface area (TPSA) is 169 Å². The van der Waals surface area contributed by atoms with Crippen molar-refractivity contribution >= 4 is 90.5 Å². The van der Waals surface area contributed by atoms with Crippen LogP contribution in [0.15, 0.2) is 66.9 Å². The third kappa shape index (κ3) is 6.55. The normalized spacial score (nSPS) is 16.0. The van der Waals surface area contributed by atoms with Crippen LogP contribution in [0.4, 0.5) is 29.3 Å². The number of benzene rings is 3. The third-order valence-electron chi connectivity index (χ3n) is 11.0. The van der Waals surface area contributed by atoms with Gasteiger partial charge in [0, 0.05) is 88.9 Å². The molecule has 2 aliphatic heterocycles. The van der Waals surface area contributed by atoms with Gasteiger partial charge in [-0.2, -0.15) is 13.2 Å². The number of ether oxygens (including phenoxy) is 2. The standard InChI is InChI=1S/C41H34ClF3N8O6/c1-51-9-11-52(12-10-51)40(57)59-31-16-30-32(33-34(39(56)58-2)36(41(43,44)45)50-35(31)33)21(17-42)19-53(30)38(55)28-14-20-13-22(7-8-25(20)48-28)47-37(54)27-15-24-23-5-3-4-6-26(23)49-29(24)18-46-27/h3-8,13-16,18,21,48-50H,9-12,17,19H2,1-2H3,(H,47,54)/t21-/m1/s1. The minimum Gasteiger partial charge on any atom is -0.465 e. The van der Waals surface area contributed by atoms with Gasteiger partial charge in [0.25, 0.3) is 11.8 Å². The quantitative estimate of drug-likeness (QED) is 0.0990. The second-order valence-corrected chi connectivity index (χ2v) is 14.9. The van der Waals surface area contributed by atoms with Crippen molar-refractivity contribution in [1.82, 2.24) is 29.7 Å². The van der Waals surface area contributed by atoms with Crippen LogP contribution in [0.3, 0.4) is 0 Å². The zero-order chi connectivity index (χ0) is 41.3. The molecule has 6 heterocycles. The van der Waals surface area contributed by atoms with Crippen molar-refractivity contribution in [3.8, 4) is 5.75 Å². The van der Waals surface area contributed by atoms with Crippen molar-refractivity contribution < 1.29 is 41.8 Å². The summed E-state index contributed by atoms with van der Waals surface area (Å²) in [6.45, 7) is 1.67. The molecule has 59 heavy (non-hydrogen) atoms. The van der Waals surface area contributed by atoms with Gasteiger partial charge in [0.05, 0.1) is 35.6 Å². The van der Waals surface area contributed by atoms with Gasteiger partial charge in [-0.3, -0.25) is 9.59 Å². The molecule has 0 aliphatic carbocycles. The van der Waals surface area contributed by atoms with Crippen LogP contribution < -0.4 is 15.0 Å². The number of carbonyl (C=O) groups is 4. The lowest BCUT2D eigenvalue weighted by Gasteiger charge is -2.31.